The molecule has 1 aromatic heterocycles. The molecule has 0 saturated carbocycles. The molecule has 3 aliphatic rings. The number of hydrogen-bond donors (Lipinski definition) is 0. The number of benzene rings is 6. The van der Waals surface area contributed by atoms with Gasteiger partial charge in [-0.1, -0.05) is 88.4 Å². The average Bonchev–Trinajstić information content (AvgIpc) is 3.52. The van der Waals surface area contributed by atoms with Crippen molar-refractivity contribution in [2.75, 3.05) is 9.80 Å². The highest BCUT2D eigenvalue weighted by Crippen LogP contribution is 2.51. The summed E-state index contributed by atoms with van der Waals surface area (Å²) < 4.78 is 7.15. The van der Waals surface area contributed by atoms with Crippen molar-refractivity contribution in [2.45, 2.75) is 79.1 Å². The second-order valence-corrected chi connectivity index (χ2v) is 17.6. The molecule has 2 aliphatic heterocycles. The first-order valence-corrected chi connectivity index (χ1v) is 19.6. The van der Waals surface area contributed by atoms with Crippen LogP contribution >= 0.6 is 0 Å². The van der Waals surface area contributed by atoms with Crippen molar-refractivity contribution in [3.05, 3.63) is 149 Å². The number of fused-ring (bicyclic) bond motifs is 7. The summed E-state index contributed by atoms with van der Waals surface area (Å²) in [6, 6.07) is 43.3. The van der Waals surface area contributed by atoms with Gasteiger partial charge in [0.05, 0.1) is 11.3 Å². The lowest BCUT2D eigenvalue weighted by Gasteiger charge is -2.46. The molecule has 0 unspecified atom stereocenters. The van der Waals surface area contributed by atoms with E-state index in [1.807, 2.05) is 0 Å². The lowest BCUT2D eigenvalue weighted by molar-refractivity contribution is 0.332. The molecule has 54 heavy (non-hydrogen) atoms. The number of nitrogens with zero attached hydrogens (tertiary/aromatic N) is 2. The molecule has 0 amide bonds. The molecule has 6 aromatic carbocycles. The second kappa shape index (κ2) is 11.5. The van der Waals surface area contributed by atoms with Gasteiger partial charge < -0.3 is 14.2 Å². The van der Waals surface area contributed by atoms with E-state index in [0.717, 1.165) is 28.7 Å². The van der Waals surface area contributed by atoms with Crippen molar-refractivity contribution in [2.24, 2.45) is 0 Å². The van der Waals surface area contributed by atoms with Crippen molar-refractivity contribution in [1.82, 2.24) is 0 Å². The van der Waals surface area contributed by atoms with Gasteiger partial charge in [0.15, 0.2) is 0 Å². The summed E-state index contributed by atoms with van der Waals surface area (Å²) in [6.07, 6.45) is 2.33. The first kappa shape index (κ1) is 33.1. The SMILES string of the molecule is Cc1cc(C)cc(N2c3cc(C)cc4c3B(c3cc5c(cc3N4c3ccc(-c4ccccc4)cc3C)C(C)(C)CCC5(C)C)c3oc4ccccc4c32)c1. The summed E-state index contributed by atoms with van der Waals surface area (Å²) in [6.45, 7) is 18.6. The summed E-state index contributed by atoms with van der Waals surface area (Å²) in [5.74, 6) is 0. The van der Waals surface area contributed by atoms with Crippen molar-refractivity contribution >= 4 is 68.4 Å². The number of furan rings is 1. The van der Waals surface area contributed by atoms with E-state index in [2.05, 4.69) is 180 Å². The van der Waals surface area contributed by atoms with Crippen LogP contribution in [-0.4, -0.2) is 6.71 Å². The van der Waals surface area contributed by atoms with Crippen molar-refractivity contribution in [3.63, 3.8) is 0 Å². The highest BCUT2D eigenvalue weighted by atomic mass is 16.3. The minimum atomic E-state index is -0.0681. The maximum absolute atomic E-state index is 7.15. The molecule has 0 fully saturated rings. The fourth-order valence-corrected chi connectivity index (χ4v) is 9.95. The van der Waals surface area contributed by atoms with Crippen LogP contribution in [0, 0.1) is 27.7 Å². The van der Waals surface area contributed by atoms with Crippen molar-refractivity contribution in [1.29, 1.82) is 0 Å². The van der Waals surface area contributed by atoms with E-state index < -0.39 is 0 Å². The van der Waals surface area contributed by atoms with Crippen molar-refractivity contribution < 1.29 is 4.42 Å². The average molecular weight is 703 g/mol. The predicted molar refractivity (Wildman–Crippen MR) is 230 cm³/mol. The fraction of sp³-hybridized carbons (Fsp3) is 0.240. The Labute approximate surface area is 320 Å². The molecule has 0 radical (unpaired) electrons. The second-order valence-electron chi connectivity index (χ2n) is 17.6. The smallest absolute Gasteiger partial charge is 0.297 e. The molecule has 3 nitrogen and oxygen atoms in total. The van der Waals surface area contributed by atoms with Gasteiger partial charge in [0.1, 0.15) is 5.58 Å². The Morgan fingerprint density at radius 1 is 0.556 bits per heavy atom. The number of para-hydroxylation sites is 1. The maximum atomic E-state index is 7.15. The molecule has 3 heterocycles. The first-order chi connectivity index (χ1) is 25.9. The van der Waals surface area contributed by atoms with E-state index >= 15 is 0 Å². The van der Waals surface area contributed by atoms with Gasteiger partial charge in [0.25, 0.3) is 6.71 Å². The normalized spacial score (nSPS) is 16.2. The Morgan fingerprint density at radius 2 is 1.19 bits per heavy atom. The van der Waals surface area contributed by atoms with Crippen molar-refractivity contribution in [3.8, 4) is 11.1 Å². The quantitative estimate of drug-likeness (QED) is 0.171. The Morgan fingerprint density at radius 3 is 1.89 bits per heavy atom. The summed E-state index contributed by atoms with van der Waals surface area (Å²) in [5, 5.41) is 1.15. The van der Waals surface area contributed by atoms with E-state index in [1.165, 1.54) is 90.3 Å². The van der Waals surface area contributed by atoms with Gasteiger partial charge >= 0.3 is 0 Å². The zero-order valence-corrected chi connectivity index (χ0v) is 32.8. The van der Waals surface area contributed by atoms with Crippen LogP contribution in [0.3, 0.4) is 0 Å². The standard InChI is InChI=1S/C50H47BN2O/c1-30-22-31(2)24-36(23-30)52-43-25-32(3)26-44-46(43)51(48-47(52)37-16-12-13-17-45(37)54-48)40-28-38-39(50(7,8)21-20-49(38,5)6)29-42(40)53(44)41-19-18-35(27-33(41)4)34-14-10-9-11-15-34/h9-19,22-29H,20-21H2,1-8H3. The summed E-state index contributed by atoms with van der Waals surface area (Å²) in [7, 11) is 0. The Hall–Kier alpha value is -5.48. The zero-order valence-electron chi connectivity index (χ0n) is 32.8. The fourth-order valence-electron chi connectivity index (χ4n) is 9.95. The monoisotopic (exact) mass is 702 g/mol. The molecule has 10 rings (SSSR count). The third kappa shape index (κ3) is 4.81. The van der Waals surface area contributed by atoms with Crippen LogP contribution in [0.4, 0.5) is 34.1 Å². The zero-order chi connectivity index (χ0) is 37.3. The highest BCUT2D eigenvalue weighted by molar-refractivity contribution is 7.00. The molecular formula is C50H47BN2O. The molecule has 0 spiro atoms. The van der Waals surface area contributed by atoms with E-state index in [1.54, 1.807) is 0 Å². The van der Waals surface area contributed by atoms with Crippen LogP contribution in [0.1, 0.15) is 73.9 Å². The third-order valence-electron chi connectivity index (χ3n) is 12.7. The lowest BCUT2D eigenvalue weighted by Crippen LogP contribution is -2.61. The van der Waals surface area contributed by atoms with Gasteiger partial charge in [-0.3, -0.25) is 0 Å². The van der Waals surface area contributed by atoms with Crippen LogP contribution in [0.15, 0.2) is 120 Å². The summed E-state index contributed by atoms with van der Waals surface area (Å²) in [5.41, 5.74) is 22.4. The van der Waals surface area contributed by atoms with Gasteiger partial charge in [-0.15, -0.1) is 0 Å². The van der Waals surface area contributed by atoms with Crippen LogP contribution < -0.4 is 26.4 Å². The highest BCUT2D eigenvalue weighted by Gasteiger charge is 2.49. The van der Waals surface area contributed by atoms with Crippen LogP contribution in [0.25, 0.3) is 22.1 Å². The molecule has 0 bridgehead atoms. The summed E-state index contributed by atoms with van der Waals surface area (Å²) in [4.78, 5) is 5.09. The molecule has 0 saturated heterocycles. The topological polar surface area (TPSA) is 19.6 Å². The molecule has 7 aromatic rings. The minimum absolute atomic E-state index is 0.0604. The Kier molecular flexibility index (Phi) is 7.06. The molecular weight excluding hydrogens is 655 g/mol. The molecule has 0 atom stereocenters. The van der Waals surface area contributed by atoms with E-state index in [4.69, 9.17) is 4.42 Å². The number of anilines is 6. The van der Waals surface area contributed by atoms with Gasteiger partial charge in [-0.25, -0.2) is 0 Å². The molecule has 1 aliphatic carbocycles. The van der Waals surface area contributed by atoms with E-state index in [-0.39, 0.29) is 17.5 Å². The minimum Gasteiger partial charge on any atom is -0.468 e. The largest absolute Gasteiger partial charge is 0.468 e. The van der Waals surface area contributed by atoms with E-state index in [0.29, 0.717) is 0 Å². The molecule has 4 heteroatoms. The van der Waals surface area contributed by atoms with E-state index in [9.17, 15) is 0 Å². The molecule has 0 N–H and O–H groups in total. The lowest BCUT2D eigenvalue weighted by atomic mass is 9.35. The number of rotatable bonds is 3. The predicted octanol–water partition coefficient (Wildman–Crippen LogP) is 11.8. The van der Waals surface area contributed by atoms with Crippen LogP contribution in [0.2, 0.25) is 0 Å². The number of hydrogen-bond acceptors (Lipinski definition) is 3. The summed E-state index contributed by atoms with van der Waals surface area (Å²) >= 11 is 0. The first-order valence-electron chi connectivity index (χ1n) is 19.6. The Balaban J connectivity index is 1.33. The maximum Gasteiger partial charge on any atom is 0.297 e. The number of aryl methyl sites for hydroxylation is 4. The Bertz CT molecular complexity index is 2660. The van der Waals surface area contributed by atoms with Crippen LogP contribution in [0.5, 0.6) is 0 Å². The van der Waals surface area contributed by atoms with Gasteiger partial charge in [0, 0.05) is 33.8 Å². The van der Waals surface area contributed by atoms with Gasteiger partial charge in [0.2, 0.25) is 0 Å². The third-order valence-corrected chi connectivity index (χ3v) is 12.7. The van der Waals surface area contributed by atoms with Crippen LogP contribution in [-0.2, 0) is 10.8 Å². The molecule has 266 valence electrons. The van der Waals surface area contributed by atoms with Gasteiger partial charge in [-0.05, 0) is 161 Å². The van der Waals surface area contributed by atoms with Gasteiger partial charge in [-0.2, -0.15) is 0 Å².